The highest BCUT2D eigenvalue weighted by molar-refractivity contribution is 5.06. The van der Waals surface area contributed by atoms with E-state index in [4.69, 9.17) is 0 Å². The van der Waals surface area contributed by atoms with Crippen LogP contribution in [0.25, 0.3) is 0 Å². The first kappa shape index (κ1) is 30.0. The van der Waals surface area contributed by atoms with Crippen LogP contribution in [0, 0.1) is 0 Å². The quantitative estimate of drug-likeness (QED) is 0.204. The van der Waals surface area contributed by atoms with Crippen LogP contribution in [0.1, 0.15) is 12.8 Å². The molecule has 2 rings (SSSR count). The summed E-state index contributed by atoms with van der Waals surface area (Å²) in [4.78, 5) is 0. The Hall–Kier alpha value is -1.24. The maximum atomic E-state index is 13.6. The van der Waals surface area contributed by atoms with Crippen molar-refractivity contribution in [3.8, 4) is 0 Å². The Morgan fingerprint density at radius 3 is 0.914 bits per heavy atom. The molecule has 19 heteroatoms. The van der Waals surface area contributed by atoms with E-state index in [2.05, 4.69) is 14.2 Å². The summed E-state index contributed by atoms with van der Waals surface area (Å²) in [7, 11) is 0. The van der Waals surface area contributed by atoms with Gasteiger partial charge in [-0.15, -0.1) is 0 Å². The van der Waals surface area contributed by atoms with E-state index in [9.17, 15) is 70.2 Å². The Bertz CT molecular complexity index is 698. The fourth-order valence-electron chi connectivity index (χ4n) is 2.61. The normalized spacial score (nSPS) is 23.0. The smallest absolute Gasteiger partial charge is 0.373 e. The number of rotatable bonds is 14. The summed E-state index contributed by atoms with van der Waals surface area (Å²) in [6, 6.07) is 0. The van der Waals surface area contributed by atoms with Gasteiger partial charge in [-0.3, -0.25) is 0 Å². The van der Waals surface area contributed by atoms with Crippen LogP contribution in [-0.2, 0) is 14.2 Å². The Balaban J connectivity index is 2.12. The molecule has 3 nitrogen and oxygen atoms in total. The van der Waals surface area contributed by atoms with Gasteiger partial charge in [0.05, 0.1) is 25.4 Å². The summed E-state index contributed by atoms with van der Waals surface area (Å²) in [5.41, 5.74) is 0. The van der Waals surface area contributed by atoms with Gasteiger partial charge >= 0.3 is 47.4 Å². The van der Waals surface area contributed by atoms with Crippen LogP contribution in [0.5, 0.6) is 0 Å². The summed E-state index contributed by atoms with van der Waals surface area (Å²) in [5.74, 6) is -52.4. The van der Waals surface area contributed by atoms with E-state index in [1.54, 1.807) is 0 Å². The third kappa shape index (κ3) is 5.26. The van der Waals surface area contributed by atoms with Gasteiger partial charge in [-0.25, -0.2) is 0 Å². The van der Waals surface area contributed by atoms with Gasteiger partial charge in [-0.1, -0.05) is 0 Å². The molecule has 0 aliphatic carbocycles. The van der Waals surface area contributed by atoms with Crippen LogP contribution in [0.3, 0.4) is 0 Å². The van der Waals surface area contributed by atoms with Gasteiger partial charge < -0.3 is 14.2 Å². The van der Waals surface area contributed by atoms with E-state index in [0.29, 0.717) is 0 Å². The van der Waals surface area contributed by atoms with Crippen LogP contribution in [0.15, 0.2) is 0 Å². The van der Waals surface area contributed by atoms with E-state index in [0.717, 1.165) is 0 Å². The van der Waals surface area contributed by atoms with Gasteiger partial charge in [0.25, 0.3) is 0 Å². The van der Waals surface area contributed by atoms with Crippen molar-refractivity contribution in [2.24, 2.45) is 0 Å². The molecule has 0 aromatic heterocycles. The zero-order valence-electron chi connectivity index (χ0n) is 16.7. The summed E-state index contributed by atoms with van der Waals surface area (Å²) in [6.45, 7) is -7.93. The van der Waals surface area contributed by atoms with E-state index >= 15 is 0 Å². The molecule has 2 atom stereocenters. The lowest BCUT2D eigenvalue weighted by Gasteiger charge is -2.38. The largest absolute Gasteiger partial charge is 0.380 e. The number of alkyl halides is 16. The fraction of sp³-hybridized carbons (Fsp3) is 1.00. The maximum Gasteiger partial charge on any atom is 0.380 e. The third-order valence-corrected chi connectivity index (χ3v) is 4.97. The average Bonchev–Trinajstić information content (AvgIpc) is 3.58. The van der Waals surface area contributed by atoms with Crippen molar-refractivity contribution in [3.05, 3.63) is 0 Å². The molecule has 35 heavy (non-hydrogen) atoms. The molecule has 0 radical (unpaired) electrons. The first-order chi connectivity index (χ1) is 15.4. The number of epoxide rings is 2. The van der Waals surface area contributed by atoms with Crippen molar-refractivity contribution in [2.75, 3.05) is 26.4 Å². The Morgan fingerprint density at radius 1 is 0.457 bits per heavy atom. The lowest BCUT2D eigenvalue weighted by molar-refractivity contribution is -0.384. The molecule has 2 heterocycles. The van der Waals surface area contributed by atoms with Crippen LogP contribution in [0.2, 0.25) is 0 Å². The molecule has 208 valence electrons. The van der Waals surface area contributed by atoms with Crippen LogP contribution < -0.4 is 0 Å². The predicted molar refractivity (Wildman–Crippen MR) is 79.1 cm³/mol. The van der Waals surface area contributed by atoms with E-state index in [1.807, 2.05) is 0 Å². The van der Waals surface area contributed by atoms with Crippen molar-refractivity contribution in [1.29, 1.82) is 0 Å². The molecular formula is C16H14F16O3. The molecule has 0 bridgehead atoms. The van der Waals surface area contributed by atoms with Crippen LogP contribution in [0.4, 0.5) is 70.2 Å². The van der Waals surface area contributed by atoms with E-state index in [-0.39, 0.29) is 0 Å². The van der Waals surface area contributed by atoms with E-state index in [1.165, 1.54) is 0 Å². The zero-order chi connectivity index (χ0) is 27.5. The van der Waals surface area contributed by atoms with Crippen molar-refractivity contribution in [1.82, 2.24) is 0 Å². The molecular weight excluding hydrogens is 544 g/mol. The summed E-state index contributed by atoms with van der Waals surface area (Å²) < 4.78 is 228. The van der Waals surface area contributed by atoms with Gasteiger partial charge in [0, 0.05) is 12.8 Å². The van der Waals surface area contributed by atoms with Crippen molar-refractivity contribution >= 4 is 0 Å². The van der Waals surface area contributed by atoms with E-state index < -0.39 is 98.9 Å². The second-order valence-corrected chi connectivity index (χ2v) is 7.93. The minimum absolute atomic E-state index is 0.586. The predicted octanol–water partition coefficient (Wildman–Crippen LogP) is 5.66. The summed E-state index contributed by atoms with van der Waals surface area (Å²) in [6.07, 6.45) is -7.65. The summed E-state index contributed by atoms with van der Waals surface area (Å²) >= 11 is 0. The van der Waals surface area contributed by atoms with Crippen LogP contribution in [-0.4, -0.2) is 86.0 Å². The lowest BCUT2D eigenvalue weighted by atomic mass is 9.95. The van der Waals surface area contributed by atoms with Crippen molar-refractivity contribution < 1.29 is 84.5 Å². The third-order valence-electron chi connectivity index (χ3n) is 4.97. The van der Waals surface area contributed by atoms with Crippen molar-refractivity contribution in [3.63, 3.8) is 0 Å². The number of halogens is 16. The fourth-order valence-corrected chi connectivity index (χ4v) is 2.61. The monoisotopic (exact) mass is 558 g/mol. The minimum Gasteiger partial charge on any atom is -0.373 e. The van der Waals surface area contributed by atoms with Gasteiger partial charge in [0.2, 0.25) is 0 Å². The first-order valence-electron chi connectivity index (χ1n) is 9.20. The molecule has 2 aliphatic rings. The lowest BCUT2D eigenvalue weighted by Crippen LogP contribution is -2.65. The zero-order valence-corrected chi connectivity index (χ0v) is 16.7. The van der Waals surface area contributed by atoms with Gasteiger partial charge in [-0.05, 0) is 0 Å². The highest BCUT2D eigenvalue weighted by Crippen LogP contribution is 2.56. The van der Waals surface area contributed by atoms with Crippen molar-refractivity contribution in [2.45, 2.75) is 72.4 Å². The number of hydrogen-bond acceptors (Lipinski definition) is 3. The van der Waals surface area contributed by atoms with Gasteiger partial charge in [0.15, 0.2) is 0 Å². The van der Waals surface area contributed by atoms with Gasteiger partial charge in [-0.2, -0.15) is 70.2 Å². The molecule has 2 fully saturated rings. The topological polar surface area (TPSA) is 34.3 Å². The molecule has 0 aromatic rings. The summed E-state index contributed by atoms with van der Waals surface area (Å²) in [5, 5.41) is 0. The first-order valence-corrected chi connectivity index (χ1v) is 9.20. The Morgan fingerprint density at radius 2 is 0.686 bits per heavy atom. The highest BCUT2D eigenvalue weighted by Gasteiger charge is 2.82. The molecule has 0 aromatic carbocycles. The minimum atomic E-state index is -7.04. The molecule has 0 amide bonds. The highest BCUT2D eigenvalue weighted by atomic mass is 19.4. The Labute approximate surface area is 184 Å². The Kier molecular flexibility index (Phi) is 7.42. The molecule has 2 saturated heterocycles. The standard InChI is InChI=1S/C16H14F16O3/c17-9(18,1-7-3-34-7)13(25,26)15(29,30)11(21,22)5-33-6-12(23,24)16(31,32)14(27,28)10(19,20)2-8-4-35-8/h7-8H,1-6H2. The average molecular weight is 558 g/mol. The number of ether oxygens (including phenoxy) is 3. The number of hydrogen-bond donors (Lipinski definition) is 0. The maximum absolute atomic E-state index is 13.6. The molecule has 0 N–H and O–H groups in total. The molecule has 0 saturated carbocycles. The van der Waals surface area contributed by atoms with Crippen LogP contribution >= 0.6 is 0 Å². The second kappa shape index (κ2) is 8.66. The second-order valence-electron chi connectivity index (χ2n) is 7.93. The SMILES string of the molecule is FC(F)(COCC(F)(F)C(F)(F)C(F)(F)C(F)(F)CC1CO1)C(F)(F)C(F)(F)C(F)(F)CC1CO1. The van der Waals surface area contributed by atoms with Gasteiger partial charge in [0.1, 0.15) is 13.2 Å². The molecule has 2 unspecified atom stereocenters. The molecule has 0 spiro atoms. The molecule has 2 aliphatic heterocycles.